The first-order valence-electron chi connectivity index (χ1n) is 12.8. The van der Waals surface area contributed by atoms with Crippen LogP contribution in [0.2, 0.25) is 0 Å². The van der Waals surface area contributed by atoms with Crippen molar-refractivity contribution in [2.75, 3.05) is 11.9 Å². The molecule has 3 aromatic heterocycles. The van der Waals surface area contributed by atoms with E-state index in [0.29, 0.717) is 29.9 Å². The zero-order chi connectivity index (χ0) is 28.7. The molecule has 5 heterocycles. The summed E-state index contributed by atoms with van der Waals surface area (Å²) in [4.78, 5) is 27.1. The first-order chi connectivity index (χ1) is 19.5. The molecule has 3 aliphatic rings. The second-order valence-corrected chi connectivity index (χ2v) is 10.3. The maximum absolute atomic E-state index is 14.7. The largest absolute Gasteiger partial charge is 0.493 e. The molecule has 8 nitrogen and oxygen atoms in total. The topological polar surface area (TPSA) is 84.7 Å². The zero-order valence-electron chi connectivity index (χ0n) is 21.1. The van der Waals surface area contributed by atoms with Crippen molar-refractivity contribution < 1.29 is 35.9 Å². The number of alkyl halides is 5. The van der Waals surface area contributed by atoms with Gasteiger partial charge in [-0.15, -0.1) is 0 Å². The number of anilines is 1. The molecule has 0 atom stereocenters. The number of hydrogen-bond acceptors (Lipinski definition) is 6. The van der Waals surface area contributed by atoms with Gasteiger partial charge < -0.3 is 15.0 Å². The van der Waals surface area contributed by atoms with Crippen LogP contribution in [0, 0.1) is 5.82 Å². The van der Waals surface area contributed by atoms with Crippen LogP contribution in [-0.4, -0.2) is 48.7 Å². The Hall–Kier alpha value is -4.36. The molecule has 0 unspecified atom stereocenters. The van der Waals surface area contributed by atoms with E-state index in [1.165, 1.54) is 23.0 Å². The van der Waals surface area contributed by atoms with Crippen molar-refractivity contribution in [2.24, 2.45) is 0 Å². The average molecular weight is 574 g/mol. The van der Waals surface area contributed by atoms with Crippen molar-refractivity contribution in [1.29, 1.82) is 0 Å². The molecular formula is C27H20F6N6O2. The number of pyridine rings is 1. The highest BCUT2D eigenvalue weighted by Gasteiger charge is 2.50. The normalized spacial score (nSPS) is 17.9. The summed E-state index contributed by atoms with van der Waals surface area (Å²) in [5.41, 5.74) is 0.759. The molecule has 1 aliphatic carbocycles. The predicted octanol–water partition coefficient (Wildman–Crippen LogP) is 5.25. The number of benzene rings is 1. The van der Waals surface area contributed by atoms with Crippen LogP contribution in [0.1, 0.15) is 45.7 Å². The Balaban J connectivity index is 1.34. The summed E-state index contributed by atoms with van der Waals surface area (Å²) >= 11 is 0. The fraction of sp³-hybridized carbons (Fsp3) is 0.333. The Morgan fingerprint density at radius 3 is 2.63 bits per heavy atom. The van der Waals surface area contributed by atoms with Gasteiger partial charge in [-0.3, -0.25) is 14.2 Å². The van der Waals surface area contributed by atoms with Gasteiger partial charge in [-0.1, -0.05) is 0 Å². The lowest BCUT2D eigenvalue weighted by molar-refractivity contribution is -0.141. The highest BCUT2D eigenvalue weighted by Crippen LogP contribution is 2.44. The summed E-state index contributed by atoms with van der Waals surface area (Å²) in [7, 11) is 0. The highest BCUT2D eigenvalue weighted by atomic mass is 19.4. The van der Waals surface area contributed by atoms with Crippen LogP contribution >= 0.6 is 0 Å². The van der Waals surface area contributed by atoms with Gasteiger partial charge in [0.1, 0.15) is 23.6 Å². The molecule has 7 rings (SSSR count). The van der Waals surface area contributed by atoms with E-state index in [1.807, 2.05) is 0 Å². The van der Waals surface area contributed by atoms with Crippen molar-refractivity contribution in [3.63, 3.8) is 0 Å². The minimum Gasteiger partial charge on any atom is -0.493 e. The molecule has 0 saturated heterocycles. The molecule has 2 aliphatic heterocycles. The molecule has 1 N–H and O–H groups in total. The van der Waals surface area contributed by atoms with Gasteiger partial charge in [0.2, 0.25) is 5.95 Å². The van der Waals surface area contributed by atoms with Crippen LogP contribution in [0.5, 0.6) is 5.75 Å². The summed E-state index contributed by atoms with van der Waals surface area (Å²) in [6.07, 6.45) is -1.68. The third-order valence-corrected chi connectivity index (χ3v) is 7.81. The molecule has 0 spiro atoms. The smallest absolute Gasteiger partial charge is 0.433 e. The lowest BCUT2D eigenvalue weighted by Crippen LogP contribution is -2.53. The van der Waals surface area contributed by atoms with E-state index in [2.05, 4.69) is 20.3 Å². The number of amides is 1. The molecule has 0 radical (unpaired) electrons. The number of rotatable bonds is 4. The lowest BCUT2D eigenvalue weighted by Gasteiger charge is -2.43. The van der Waals surface area contributed by atoms with E-state index in [-0.39, 0.29) is 41.4 Å². The van der Waals surface area contributed by atoms with Gasteiger partial charge in [0.05, 0.1) is 12.1 Å². The second kappa shape index (κ2) is 8.82. The molecule has 1 saturated carbocycles. The Kier molecular flexibility index (Phi) is 5.51. The first-order valence-corrected chi connectivity index (χ1v) is 12.8. The molecule has 1 amide bonds. The first kappa shape index (κ1) is 25.6. The van der Waals surface area contributed by atoms with E-state index >= 15 is 0 Å². The van der Waals surface area contributed by atoms with Gasteiger partial charge in [0, 0.05) is 73.0 Å². The number of halogens is 6. The Morgan fingerprint density at radius 1 is 1.10 bits per heavy atom. The summed E-state index contributed by atoms with van der Waals surface area (Å²) in [5.74, 6) is -3.30. The van der Waals surface area contributed by atoms with Crippen molar-refractivity contribution in [3.05, 3.63) is 70.8 Å². The lowest BCUT2D eigenvalue weighted by atomic mass is 9.85. The number of aromatic nitrogens is 4. The number of fused-ring (bicyclic) bond motifs is 3. The summed E-state index contributed by atoms with van der Waals surface area (Å²) < 4.78 is 89.9. The van der Waals surface area contributed by atoms with E-state index in [0.717, 1.165) is 22.7 Å². The minimum absolute atomic E-state index is 0.0254. The van der Waals surface area contributed by atoms with E-state index in [1.54, 1.807) is 6.07 Å². The predicted molar refractivity (Wildman–Crippen MR) is 132 cm³/mol. The van der Waals surface area contributed by atoms with E-state index in [4.69, 9.17) is 4.74 Å². The quantitative estimate of drug-likeness (QED) is 0.336. The number of ether oxygens (including phenoxy) is 1. The van der Waals surface area contributed by atoms with E-state index < -0.39 is 48.4 Å². The van der Waals surface area contributed by atoms with Gasteiger partial charge in [-0.25, -0.2) is 23.1 Å². The zero-order valence-corrected chi connectivity index (χ0v) is 21.1. The van der Waals surface area contributed by atoms with Crippen molar-refractivity contribution >= 4 is 17.4 Å². The van der Waals surface area contributed by atoms with Crippen molar-refractivity contribution in [2.45, 2.75) is 50.5 Å². The summed E-state index contributed by atoms with van der Waals surface area (Å²) in [5, 5.41) is 3.06. The third-order valence-electron chi connectivity index (χ3n) is 7.81. The molecule has 41 heavy (non-hydrogen) atoms. The van der Waals surface area contributed by atoms with Crippen LogP contribution in [0.4, 0.5) is 32.3 Å². The monoisotopic (exact) mass is 574 g/mol. The number of imidazole rings is 1. The van der Waals surface area contributed by atoms with Crippen LogP contribution in [-0.2, 0) is 25.7 Å². The molecule has 212 valence electrons. The fourth-order valence-corrected chi connectivity index (χ4v) is 5.74. The standard InChI is InChI=1S/C27H20F6N6O2/c28-19-1-2-20-15(3-4-41-20)17(19)9-35-25-36-10-18-16-8-34-21(27(31,32)33)5-13(16)11-38(14-6-26(29,30)7-14)24(40)22-23(18)39(25)12-37-22/h1-2,5,8,10,12,14H,3-4,6-7,9,11H2,(H,35,36). The van der Waals surface area contributed by atoms with Crippen molar-refractivity contribution in [1.82, 2.24) is 24.3 Å². The SMILES string of the molecule is O=C1c2ncn3c(NCc4c(F)ccc5c4CCO5)ncc(c23)-c2cnc(C(F)(F)F)cc2CN1C1CC(F)(F)C1. The number of nitrogens with one attached hydrogen (secondary N) is 1. The van der Waals surface area contributed by atoms with E-state index in [9.17, 15) is 31.1 Å². The number of carbonyl (C=O) groups excluding carboxylic acids is 1. The van der Waals surface area contributed by atoms with Gasteiger partial charge in [0.15, 0.2) is 5.69 Å². The molecular weight excluding hydrogens is 554 g/mol. The third kappa shape index (κ3) is 4.15. The molecule has 14 heteroatoms. The fourth-order valence-electron chi connectivity index (χ4n) is 5.74. The van der Waals surface area contributed by atoms with Crippen LogP contribution in [0.25, 0.3) is 16.6 Å². The van der Waals surface area contributed by atoms with Gasteiger partial charge >= 0.3 is 6.18 Å². The maximum atomic E-state index is 14.7. The Morgan fingerprint density at radius 2 is 1.88 bits per heavy atom. The Bertz CT molecular complexity index is 1730. The Labute approximate surface area is 228 Å². The van der Waals surface area contributed by atoms with Crippen molar-refractivity contribution in [3.8, 4) is 16.9 Å². The molecule has 1 fully saturated rings. The van der Waals surface area contributed by atoms with Gasteiger partial charge in [0.25, 0.3) is 11.8 Å². The van der Waals surface area contributed by atoms with Crippen LogP contribution in [0.3, 0.4) is 0 Å². The van der Waals surface area contributed by atoms with Crippen LogP contribution < -0.4 is 10.1 Å². The number of nitrogens with zero attached hydrogens (tertiary/aromatic N) is 5. The van der Waals surface area contributed by atoms with Gasteiger partial charge in [-0.2, -0.15) is 13.2 Å². The highest BCUT2D eigenvalue weighted by molar-refractivity contribution is 6.04. The summed E-state index contributed by atoms with van der Waals surface area (Å²) in [6.45, 7) is 0.125. The summed E-state index contributed by atoms with van der Waals surface area (Å²) in [6, 6.07) is 2.83. The van der Waals surface area contributed by atoms with Crippen LogP contribution in [0.15, 0.2) is 36.9 Å². The second-order valence-electron chi connectivity index (χ2n) is 10.3. The molecule has 1 aromatic carbocycles. The molecule has 4 aromatic rings. The number of hydrogen-bond donors (Lipinski definition) is 1. The molecule has 0 bridgehead atoms. The maximum Gasteiger partial charge on any atom is 0.433 e. The minimum atomic E-state index is -4.75. The van der Waals surface area contributed by atoms with Gasteiger partial charge in [-0.05, 0) is 23.8 Å². The average Bonchev–Trinajstić information content (AvgIpc) is 3.56. The number of carbonyl (C=O) groups is 1.